The van der Waals surface area contributed by atoms with E-state index in [1.807, 2.05) is 185 Å². The van der Waals surface area contributed by atoms with Crippen LogP contribution in [0.3, 0.4) is 0 Å². The van der Waals surface area contributed by atoms with Gasteiger partial charge in [0.05, 0.1) is 5.92 Å². The molecule has 6 aromatic carbocycles. The van der Waals surface area contributed by atoms with Gasteiger partial charge >= 0.3 is 0 Å². The molecule has 0 aliphatic rings. The van der Waals surface area contributed by atoms with Gasteiger partial charge in [0.15, 0.2) is 0 Å². The number of nitrogens with two attached hydrogens (primary N) is 4. The van der Waals surface area contributed by atoms with Crippen LogP contribution in [0, 0.1) is 53.3 Å². The third kappa shape index (κ3) is 25.9. The first-order chi connectivity index (χ1) is 38.2. The summed E-state index contributed by atoms with van der Waals surface area (Å²) in [5.74, 6) is 1.72. The van der Waals surface area contributed by atoms with Crippen molar-refractivity contribution in [2.45, 2.75) is 107 Å². The lowest BCUT2D eigenvalue weighted by Gasteiger charge is -2.17. The number of hydrogen-bond donors (Lipinski definition) is 5. The summed E-state index contributed by atoms with van der Waals surface area (Å²) in [6.07, 6.45) is 3.92. The van der Waals surface area contributed by atoms with Gasteiger partial charge in [-0.3, -0.25) is 24.0 Å². The molecule has 0 aliphatic carbocycles. The molecule has 0 radical (unpaired) electrons. The smallest absolute Gasteiger partial charge is 0.144 e. The molecule has 0 amide bonds. The van der Waals surface area contributed by atoms with Crippen LogP contribution < -0.4 is 28.3 Å². The summed E-state index contributed by atoms with van der Waals surface area (Å²) in [6.45, 7) is 22.0. The predicted molar refractivity (Wildman–Crippen MR) is 335 cm³/mol. The number of fused-ring (bicyclic) bond motifs is 1. The summed E-state index contributed by atoms with van der Waals surface area (Å²) in [5.41, 5.74) is 28.4. The highest BCUT2D eigenvalue weighted by Crippen LogP contribution is 2.22. The Kier molecular flexibility index (Phi) is 34.2. The molecule has 6 rings (SSSR count). The molecule has 10 nitrogen and oxygen atoms in total. The van der Waals surface area contributed by atoms with Gasteiger partial charge in [-0.15, -0.1) is 0 Å². The Bertz CT molecular complexity index is 2590. The van der Waals surface area contributed by atoms with Crippen molar-refractivity contribution in [2.24, 2.45) is 76.2 Å². The molecule has 80 heavy (non-hydrogen) atoms. The molecule has 5 unspecified atom stereocenters. The summed E-state index contributed by atoms with van der Waals surface area (Å²) in [5, 5.41) is 5.55. The average molecular weight is 1090 g/mol. The Balaban J connectivity index is 0.000000343. The van der Waals surface area contributed by atoms with E-state index in [1.54, 1.807) is 0 Å². The zero-order chi connectivity index (χ0) is 59.6. The van der Waals surface area contributed by atoms with Gasteiger partial charge in [-0.2, -0.15) is 0 Å². The van der Waals surface area contributed by atoms with Crippen molar-refractivity contribution in [1.82, 2.24) is 5.32 Å². The molecular formula is C70H99N5O5. The van der Waals surface area contributed by atoms with Crippen molar-refractivity contribution < 1.29 is 24.0 Å². The van der Waals surface area contributed by atoms with Crippen LogP contribution in [0.5, 0.6) is 0 Å². The number of ketones is 5. The van der Waals surface area contributed by atoms with Crippen molar-refractivity contribution in [3.63, 3.8) is 0 Å². The largest absolute Gasteiger partial charge is 0.330 e. The second-order valence-corrected chi connectivity index (χ2v) is 22.3. The molecule has 6 aromatic rings. The number of benzene rings is 6. The molecule has 0 aromatic heterocycles. The maximum atomic E-state index is 12.1. The first-order valence-corrected chi connectivity index (χ1v) is 29.0. The van der Waals surface area contributed by atoms with E-state index in [1.165, 1.54) is 33.0 Å². The van der Waals surface area contributed by atoms with Crippen LogP contribution in [0.25, 0.3) is 10.8 Å². The van der Waals surface area contributed by atoms with Crippen LogP contribution in [0.1, 0.15) is 109 Å². The second-order valence-electron chi connectivity index (χ2n) is 22.3. The fraction of sp³-hybridized carbons (Fsp3) is 0.443. The standard InChI is InChI=1S/C17H21NO.2C14H21NO.C13H19NO.C12H17NO/c1-12(2)17(19)16(11-18)10-13-7-8-14-5-3-4-6-15(14)9-13;1-11(2)14(16)13(10-15-3)9-12-7-5-4-6-8-12;1-11(2)14(16)13(8-9-15)10-12-6-4-3-5-7-12;1-10(2)13(15)12(9-14)8-11-6-4-3-5-7-11;1-9(2)12(14)11(8-13)10-6-4-3-5-7-10/h3-9,12,16H,10-11,18H2,1-2H3;4-8,11,13,15H,9-10H2,1-3H3;3-7,11,13H,8-10,15H2,1-2H3;3-7,10,12H,8-9,14H2,1-2H3;3-7,9,11H,8,13H2,1-2H3. The Morgan fingerprint density at radius 2 is 0.700 bits per heavy atom. The highest BCUT2D eigenvalue weighted by atomic mass is 16.1. The number of nitrogens with one attached hydrogen (secondary N) is 1. The number of Topliss-reactive ketones (excluding diaryl/α,β-unsaturated/α-hetero) is 5. The van der Waals surface area contributed by atoms with Crippen molar-refractivity contribution >= 4 is 39.7 Å². The zero-order valence-electron chi connectivity index (χ0n) is 50.3. The van der Waals surface area contributed by atoms with Crippen LogP contribution in [0.2, 0.25) is 0 Å². The van der Waals surface area contributed by atoms with Crippen molar-refractivity contribution in [1.29, 1.82) is 0 Å². The molecule has 9 N–H and O–H groups in total. The van der Waals surface area contributed by atoms with Gasteiger partial charge in [0, 0.05) is 79.4 Å². The molecule has 434 valence electrons. The van der Waals surface area contributed by atoms with E-state index in [0.29, 0.717) is 37.7 Å². The minimum atomic E-state index is -0.142. The quantitative estimate of drug-likeness (QED) is 0.0348. The molecule has 0 heterocycles. The molecule has 0 fully saturated rings. The highest BCUT2D eigenvalue weighted by molar-refractivity contribution is 5.88. The van der Waals surface area contributed by atoms with Crippen LogP contribution in [-0.2, 0) is 49.7 Å². The van der Waals surface area contributed by atoms with Gasteiger partial charge in [0.25, 0.3) is 0 Å². The van der Waals surface area contributed by atoms with Crippen LogP contribution in [0.4, 0.5) is 0 Å². The summed E-state index contributed by atoms with van der Waals surface area (Å²) in [6, 6.07) is 54.7. The van der Waals surface area contributed by atoms with Gasteiger partial charge in [-0.1, -0.05) is 233 Å². The lowest BCUT2D eigenvalue weighted by Crippen LogP contribution is -2.30. The van der Waals surface area contributed by atoms with Crippen molar-refractivity contribution in [3.05, 3.63) is 192 Å². The Hall–Kier alpha value is -6.27. The predicted octanol–water partition coefficient (Wildman–Crippen LogP) is 11.9. The number of carbonyl (C=O) groups is 5. The third-order valence-corrected chi connectivity index (χ3v) is 14.0. The molecule has 10 heteroatoms. The maximum absolute atomic E-state index is 12.1. The molecule has 0 spiro atoms. The average Bonchev–Trinajstić information content (AvgIpc) is 3.47. The van der Waals surface area contributed by atoms with Gasteiger partial charge < -0.3 is 28.3 Å². The van der Waals surface area contributed by atoms with Crippen LogP contribution in [-0.4, -0.2) is 68.7 Å². The second kappa shape index (κ2) is 39.2. The monoisotopic (exact) mass is 1090 g/mol. The SMILES string of the molecule is CC(C)C(=O)C(CCN)Cc1ccccc1.CC(C)C(=O)C(CN)Cc1ccc2ccccc2c1.CC(C)C(=O)C(CN)Cc1ccccc1.CC(C)C(=O)C(CN)c1ccccc1.CNCC(Cc1ccccc1)C(=O)C(C)C. The summed E-state index contributed by atoms with van der Waals surface area (Å²) < 4.78 is 0. The third-order valence-electron chi connectivity index (χ3n) is 14.0. The molecule has 0 aliphatic heterocycles. The molecule has 0 saturated heterocycles. The zero-order valence-corrected chi connectivity index (χ0v) is 50.3. The maximum Gasteiger partial charge on any atom is 0.144 e. The summed E-state index contributed by atoms with van der Waals surface area (Å²) in [7, 11) is 1.89. The molecule has 0 saturated carbocycles. The lowest BCUT2D eigenvalue weighted by atomic mass is 9.87. The van der Waals surface area contributed by atoms with Gasteiger partial charge in [0.1, 0.15) is 28.9 Å². The Morgan fingerprint density at radius 3 is 1.07 bits per heavy atom. The van der Waals surface area contributed by atoms with E-state index < -0.39 is 0 Å². The number of hydrogen-bond acceptors (Lipinski definition) is 10. The normalized spacial score (nSPS) is 12.8. The Labute approximate surface area is 481 Å². The minimum Gasteiger partial charge on any atom is -0.330 e. The van der Waals surface area contributed by atoms with Gasteiger partial charge in [0.2, 0.25) is 0 Å². The lowest BCUT2D eigenvalue weighted by molar-refractivity contribution is -0.126. The van der Waals surface area contributed by atoms with E-state index in [0.717, 1.165) is 44.2 Å². The van der Waals surface area contributed by atoms with Crippen molar-refractivity contribution in [2.75, 3.05) is 39.8 Å². The van der Waals surface area contributed by atoms with Crippen LogP contribution >= 0.6 is 0 Å². The molecular weight excluding hydrogens is 991 g/mol. The van der Waals surface area contributed by atoms with E-state index in [4.69, 9.17) is 22.9 Å². The topological polar surface area (TPSA) is 201 Å². The van der Waals surface area contributed by atoms with E-state index in [9.17, 15) is 24.0 Å². The number of carbonyl (C=O) groups excluding carboxylic acids is 5. The molecule has 5 atom stereocenters. The first-order valence-electron chi connectivity index (χ1n) is 29.0. The summed E-state index contributed by atoms with van der Waals surface area (Å²) in [4.78, 5) is 59.6. The highest BCUT2D eigenvalue weighted by Gasteiger charge is 2.24. The fourth-order valence-corrected chi connectivity index (χ4v) is 9.40. The van der Waals surface area contributed by atoms with Crippen LogP contribution in [0.15, 0.2) is 164 Å². The molecule has 0 bridgehead atoms. The van der Waals surface area contributed by atoms with E-state index >= 15 is 0 Å². The van der Waals surface area contributed by atoms with E-state index in [2.05, 4.69) is 59.9 Å². The van der Waals surface area contributed by atoms with E-state index in [-0.39, 0.29) is 76.5 Å². The van der Waals surface area contributed by atoms with Gasteiger partial charge in [-0.25, -0.2) is 0 Å². The number of rotatable bonds is 26. The van der Waals surface area contributed by atoms with Crippen molar-refractivity contribution in [3.8, 4) is 0 Å². The minimum absolute atomic E-state index is 0.0348. The Morgan fingerprint density at radius 1 is 0.362 bits per heavy atom. The van der Waals surface area contributed by atoms with Gasteiger partial charge in [-0.05, 0) is 84.3 Å². The summed E-state index contributed by atoms with van der Waals surface area (Å²) >= 11 is 0. The first kappa shape index (κ1) is 69.8. The fourth-order valence-electron chi connectivity index (χ4n) is 9.40.